The minimum atomic E-state index is -0.0164. The second kappa shape index (κ2) is 5.78. The first-order chi connectivity index (χ1) is 9.52. The summed E-state index contributed by atoms with van der Waals surface area (Å²) in [5.74, 6) is 0.599. The zero-order chi connectivity index (χ0) is 14.7. The fourth-order valence-electron chi connectivity index (χ4n) is 2.20. The molecule has 0 aliphatic heterocycles. The lowest BCUT2D eigenvalue weighted by atomic mass is 9.97. The normalized spacial score (nSPS) is 10.3. The maximum atomic E-state index is 12.5. The molecular weight excluding hydrogens is 250 g/mol. The molecule has 0 spiro atoms. The van der Waals surface area contributed by atoms with E-state index in [0.717, 1.165) is 11.1 Å². The van der Waals surface area contributed by atoms with Crippen molar-refractivity contribution in [3.63, 3.8) is 0 Å². The van der Waals surface area contributed by atoms with Crippen molar-refractivity contribution in [1.82, 2.24) is 0 Å². The summed E-state index contributed by atoms with van der Waals surface area (Å²) in [7, 11) is 0. The summed E-state index contributed by atoms with van der Waals surface area (Å²) in [6.45, 7) is 6.40. The van der Waals surface area contributed by atoms with Crippen molar-refractivity contribution in [2.45, 2.75) is 20.8 Å². The van der Waals surface area contributed by atoms with E-state index >= 15 is 0 Å². The van der Waals surface area contributed by atoms with Gasteiger partial charge >= 0.3 is 0 Å². The van der Waals surface area contributed by atoms with Crippen LogP contribution in [0.2, 0.25) is 0 Å². The highest BCUT2D eigenvalue weighted by Gasteiger charge is 2.13. The van der Waals surface area contributed by atoms with E-state index in [2.05, 4.69) is 0 Å². The van der Waals surface area contributed by atoms with Crippen LogP contribution in [0.1, 0.15) is 34.0 Å². The van der Waals surface area contributed by atoms with Crippen LogP contribution < -0.4 is 10.5 Å². The fourth-order valence-corrected chi connectivity index (χ4v) is 2.20. The molecule has 0 amide bonds. The number of rotatable bonds is 4. The molecule has 2 aromatic carbocycles. The van der Waals surface area contributed by atoms with E-state index in [-0.39, 0.29) is 5.78 Å². The molecule has 0 radical (unpaired) electrons. The van der Waals surface area contributed by atoms with E-state index in [1.54, 1.807) is 18.2 Å². The Bertz CT molecular complexity index is 647. The number of ketones is 1. The smallest absolute Gasteiger partial charge is 0.193 e. The van der Waals surface area contributed by atoms with Gasteiger partial charge in [-0.15, -0.1) is 0 Å². The van der Waals surface area contributed by atoms with E-state index in [9.17, 15) is 4.79 Å². The van der Waals surface area contributed by atoms with Gasteiger partial charge < -0.3 is 10.5 Å². The Hall–Kier alpha value is -2.29. The number of anilines is 1. The molecule has 20 heavy (non-hydrogen) atoms. The number of carbonyl (C=O) groups is 1. The Morgan fingerprint density at radius 2 is 1.90 bits per heavy atom. The minimum absolute atomic E-state index is 0.0164. The van der Waals surface area contributed by atoms with Crippen LogP contribution >= 0.6 is 0 Å². The second-order valence-corrected chi connectivity index (χ2v) is 4.83. The summed E-state index contributed by atoms with van der Waals surface area (Å²) in [6.07, 6.45) is 0. The third-order valence-electron chi connectivity index (χ3n) is 3.20. The largest absolute Gasteiger partial charge is 0.492 e. The molecule has 0 saturated heterocycles. The van der Waals surface area contributed by atoms with E-state index in [1.807, 2.05) is 39.0 Å². The summed E-state index contributed by atoms with van der Waals surface area (Å²) < 4.78 is 5.38. The summed E-state index contributed by atoms with van der Waals surface area (Å²) >= 11 is 0. The molecule has 2 aromatic rings. The van der Waals surface area contributed by atoms with Crippen LogP contribution in [0.25, 0.3) is 0 Å². The summed E-state index contributed by atoms with van der Waals surface area (Å²) in [5, 5.41) is 0. The van der Waals surface area contributed by atoms with Gasteiger partial charge in [-0.25, -0.2) is 0 Å². The molecule has 0 aliphatic rings. The number of benzene rings is 2. The second-order valence-electron chi connectivity index (χ2n) is 4.83. The monoisotopic (exact) mass is 269 g/mol. The van der Waals surface area contributed by atoms with Crippen molar-refractivity contribution in [2.75, 3.05) is 12.3 Å². The van der Waals surface area contributed by atoms with Crippen LogP contribution in [0.15, 0.2) is 36.4 Å². The Balaban J connectivity index is 2.36. The van der Waals surface area contributed by atoms with Gasteiger partial charge in [0.1, 0.15) is 5.75 Å². The summed E-state index contributed by atoms with van der Waals surface area (Å²) in [4.78, 5) is 12.5. The molecule has 0 aliphatic carbocycles. The first kappa shape index (κ1) is 14.1. The van der Waals surface area contributed by atoms with Gasteiger partial charge in [-0.3, -0.25) is 4.79 Å². The summed E-state index contributed by atoms with van der Waals surface area (Å²) in [6, 6.07) is 11.0. The van der Waals surface area contributed by atoms with Crippen molar-refractivity contribution in [1.29, 1.82) is 0 Å². The standard InChI is InChI=1S/C17H19NO2/c1-4-20-16-8-6-13(10-15(16)18)17(19)14-7-5-11(2)9-12(14)3/h5-10H,4,18H2,1-3H3. The topological polar surface area (TPSA) is 52.3 Å². The Morgan fingerprint density at radius 1 is 1.15 bits per heavy atom. The van der Waals surface area contributed by atoms with Crippen LogP contribution in [0, 0.1) is 13.8 Å². The fraction of sp³-hybridized carbons (Fsp3) is 0.235. The van der Waals surface area contributed by atoms with E-state index in [4.69, 9.17) is 10.5 Å². The van der Waals surface area contributed by atoms with E-state index in [1.165, 1.54) is 0 Å². The summed E-state index contributed by atoms with van der Waals surface area (Å²) in [5.41, 5.74) is 9.80. The number of carbonyl (C=O) groups excluding carboxylic acids is 1. The molecule has 0 heterocycles. The molecule has 0 unspecified atom stereocenters. The van der Waals surface area contributed by atoms with Gasteiger partial charge in [0.25, 0.3) is 0 Å². The number of ether oxygens (including phenoxy) is 1. The molecule has 0 atom stereocenters. The Morgan fingerprint density at radius 3 is 2.50 bits per heavy atom. The van der Waals surface area contributed by atoms with Gasteiger partial charge in [0.15, 0.2) is 5.78 Å². The lowest BCUT2D eigenvalue weighted by Crippen LogP contribution is -2.05. The molecular formula is C17H19NO2. The van der Waals surface area contributed by atoms with Gasteiger partial charge in [-0.2, -0.15) is 0 Å². The van der Waals surface area contributed by atoms with Crippen LogP contribution in [0.3, 0.4) is 0 Å². The van der Waals surface area contributed by atoms with Crippen molar-refractivity contribution >= 4 is 11.5 Å². The van der Waals surface area contributed by atoms with Crippen molar-refractivity contribution in [3.05, 3.63) is 58.7 Å². The van der Waals surface area contributed by atoms with Crippen LogP contribution in [-0.4, -0.2) is 12.4 Å². The quantitative estimate of drug-likeness (QED) is 0.682. The molecule has 3 nitrogen and oxygen atoms in total. The van der Waals surface area contributed by atoms with Gasteiger partial charge in [0.05, 0.1) is 12.3 Å². The van der Waals surface area contributed by atoms with Gasteiger partial charge in [0.2, 0.25) is 0 Å². The van der Waals surface area contributed by atoms with Crippen LogP contribution in [0.5, 0.6) is 5.75 Å². The highest BCUT2D eigenvalue weighted by molar-refractivity contribution is 6.10. The maximum absolute atomic E-state index is 12.5. The van der Waals surface area contributed by atoms with E-state index < -0.39 is 0 Å². The third kappa shape index (κ3) is 2.82. The molecule has 0 bridgehead atoms. The highest BCUT2D eigenvalue weighted by atomic mass is 16.5. The lowest BCUT2D eigenvalue weighted by molar-refractivity contribution is 0.103. The zero-order valence-electron chi connectivity index (χ0n) is 12.1. The van der Waals surface area contributed by atoms with Crippen molar-refractivity contribution < 1.29 is 9.53 Å². The van der Waals surface area contributed by atoms with E-state index in [0.29, 0.717) is 29.2 Å². The van der Waals surface area contributed by atoms with Gasteiger partial charge in [-0.1, -0.05) is 23.8 Å². The molecule has 0 aromatic heterocycles. The van der Waals surface area contributed by atoms with Crippen molar-refractivity contribution in [3.8, 4) is 5.75 Å². The first-order valence-corrected chi connectivity index (χ1v) is 6.67. The number of hydrogen-bond donors (Lipinski definition) is 1. The van der Waals surface area contributed by atoms with Crippen molar-refractivity contribution in [2.24, 2.45) is 0 Å². The third-order valence-corrected chi connectivity index (χ3v) is 3.20. The first-order valence-electron chi connectivity index (χ1n) is 6.67. The Kier molecular flexibility index (Phi) is 4.08. The minimum Gasteiger partial charge on any atom is -0.492 e. The predicted octanol–water partition coefficient (Wildman–Crippen LogP) is 3.52. The number of nitrogens with two attached hydrogens (primary N) is 1. The number of aryl methyl sites for hydroxylation is 2. The average Bonchev–Trinajstić information content (AvgIpc) is 2.40. The SMILES string of the molecule is CCOc1ccc(C(=O)c2ccc(C)cc2C)cc1N. The average molecular weight is 269 g/mol. The Labute approximate surface area is 119 Å². The molecule has 0 saturated carbocycles. The maximum Gasteiger partial charge on any atom is 0.193 e. The lowest BCUT2D eigenvalue weighted by Gasteiger charge is -2.10. The zero-order valence-corrected chi connectivity index (χ0v) is 12.1. The van der Waals surface area contributed by atoms with Crippen LogP contribution in [0.4, 0.5) is 5.69 Å². The van der Waals surface area contributed by atoms with Gasteiger partial charge in [0, 0.05) is 11.1 Å². The van der Waals surface area contributed by atoms with Crippen LogP contribution in [-0.2, 0) is 0 Å². The molecule has 2 rings (SSSR count). The molecule has 2 N–H and O–H groups in total. The molecule has 104 valence electrons. The number of nitrogen functional groups attached to an aromatic ring is 1. The molecule has 0 fully saturated rings. The predicted molar refractivity (Wildman–Crippen MR) is 81.4 cm³/mol. The van der Waals surface area contributed by atoms with Gasteiger partial charge in [-0.05, 0) is 44.5 Å². The highest BCUT2D eigenvalue weighted by Crippen LogP contribution is 2.24. The number of hydrogen-bond acceptors (Lipinski definition) is 3. The molecule has 3 heteroatoms.